The number of H-pyrrole nitrogens is 1. The molecule has 0 radical (unpaired) electrons. The lowest BCUT2D eigenvalue weighted by Crippen LogP contribution is -2.48. The number of likely N-dealkylation sites (tertiary alicyclic amines) is 1. The first-order valence-corrected chi connectivity index (χ1v) is 16.6. The van der Waals surface area contributed by atoms with E-state index in [0.29, 0.717) is 36.0 Å². The first-order chi connectivity index (χ1) is 23.0. The van der Waals surface area contributed by atoms with Crippen molar-refractivity contribution in [3.63, 3.8) is 0 Å². The minimum atomic E-state index is -0.787. The molecule has 0 unspecified atom stereocenters. The second kappa shape index (κ2) is 15.1. The minimum absolute atomic E-state index is 0.0645. The van der Waals surface area contributed by atoms with Crippen molar-refractivity contribution in [2.75, 3.05) is 25.0 Å². The fourth-order valence-corrected chi connectivity index (χ4v) is 6.62. The van der Waals surface area contributed by atoms with Crippen LogP contribution in [0, 0.1) is 11.8 Å². The third-order valence-corrected chi connectivity index (χ3v) is 9.45. The molecule has 3 aromatic carbocycles. The molecule has 47 heavy (non-hydrogen) atoms. The number of hydrogen-bond acceptors (Lipinski definition) is 7. The van der Waals surface area contributed by atoms with Crippen molar-refractivity contribution in [3.8, 4) is 22.5 Å². The van der Waals surface area contributed by atoms with Crippen LogP contribution in [0.1, 0.15) is 60.9 Å². The molecule has 2 aliphatic rings. The molecule has 6 rings (SSSR count). The highest BCUT2D eigenvalue weighted by Crippen LogP contribution is 2.29. The number of amides is 3. The number of aromatic nitrogens is 4. The number of anilines is 1. The normalized spacial score (nSPS) is 18.7. The van der Waals surface area contributed by atoms with Gasteiger partial charge in [0.15, 0.2) is 0 Å². The zero-order valence-corrected chi connectivity index (χ0v) is 26.5. The molecule has 0 spiro atoms. The molecule has 4 aromatic rings. The van der Waals surface area contributed by atoms with Gasteiger partial charge in [0.05, 0.1) is 0 Å². The van der Waals surface area contributed by atoms with Crippen LogP contribution in [0.3, 0.4) is 0 Å². The van der Waals surface area contributed by atoms with Crippen molar-refractivity contribution in [1.82, 2.24) is 30.8 Å². The number of hydrogen-bond donors (Lipinski definition) is 4. The van der Waals surface area contributed by atoms with Gasteiger partial charge in [-0.2, -0.15) is 5.21 Å². The van der Waals surface area contributed by atoms with Crippen LogP contribution in [0.2, 0.25) is 0 Å². The highest BCUT2D eigenvalue weighted by molar-refractivity contribution is 6.01. The Balaban J connectivity index is 1.18. The zero-order valence-electron chi connectivity index (χ0n) is 26.5. The summed E-state index contributed by atoms with van der Waals surface area (Å²) in [5, 5.41) is 20.0. The Bertz CT molecular complexity index is 1640. The van der Waals surface area contributed by atoms with Crippen molar-refractivity contribution < 1.29 is 14.4 Å². The van der Waals surface area contributed by atoms with Crippen LogP contribution in [0.15, 0.2) is 72.8 Å². The highest BCUT2D eigenvalue weighted by atomic mass is 16.2. The molecular formula is C36H42N8O3. The summed E-state index contributed by atoms with van der Waals surface area (Å²) >= 11 is 0. The van der Waals surface area contributed by atoms with E-state index < -0.39 is 6.04 Å². The molecule has 1 aliphatic heterocycles. The van der Waals surface area contributed by atoms with Gasteiger partial charge in [-0.1, -0.05) is 42.5 Å². The Morgan fingerprint density at radius 3 is 2.26 bits per heavy atom. The van der Waals surface area contributed by atoms with E-state index in [1.165, 1.54) is 0 Å². The summed E-state index contributed by atoms with van der Waals surface area (Å²) in [5.74, 6) is 0.428. The topological polar surface area (TPSA) is 159 Å². The molecule has 5 N–H and O–H groups in total. The van der Waals surface area contributed by atoms with Crippen LogP contribution in [-0.4, -0.2) is 68.9 Å². The van der Waals surface area contributed by atoms with E-state index in [1.807, 2.05) is 53.4 Å². The monoisotopic (exact) mass is 634 g/mol. The van der Waals surface area contributed by atoms with Crippen molar-refractivity contribution in [1.29, 1.82) is 0 Å². The number of nitrogens with zero attached hydrogens (tertiary/aromatic N) is 4. The Morgan fingerprint density at radius 2 is 1.57 bits per heavy atom. The van der Waals surface area contributed by atoms with Gasteiger partial charge in [-0.3, -0.25) is 14.4 Å². The van der Waals surface area contributed by atoms with Crippen LogP contribution in [-0.2, 0) is 16.0 Å². The van der Waals surface area contributed by atoms with Crippen molar-refractivity contribution in [2.45, 2.75) is 57.4 Å². The molecule has 1 atom stereocenters. The lowest BCUT2D eigenvalue weighted by Gasteiger charge is -2.28. The van der Waals surface area contributed by atoms with E-state index in [2.05, 4.69) is 31.3 Å². The van der Waals surface area contributed by atoms with Gasteiger partial charge in [-0.15, -0.1) is 10.2 Å². The second-order valence-electron chi connectivity index (χ2n) is 12.6. The molecule has 1 saturated heterocycles. The van der Waals surface area contributed by atoms with Crippen LogP contribution >= 0.6 is 0 Å². The number of carbonyl (C=O) groups excluding carboxylic acids is 3. The van der Waals surface area contributed by atoms with Gasteiger partial charge in [-0.05, 0) is 110 Å². The summed E-state index contributed by atoms with van der Waals surface area (Å²) in [6.07, 6.45) is 6.92. The first-order valence-electron chi connectivity index (χ1n) is 16.6. The average Bonchev–Trinajstić information content (AvgIpc) is 3.67. The van der Waals surface area contributed by atoms with Gasteiger partial charge in [0.1, 0.15) is 6.04 Å². The molecule has 11 nitrogen and oxygen atoms in total. The number of carbonyl (C=O) groups is 3. The number of rotatable bonds is 10. The SMILES string of the molecule is NCC1CCC(C(=O)N[C@@H](Cc2ccc(-c3ccccc3C(=O)N3CCCCC3)cc2)C(=O)Nc2ccc(-c3nn[nH]n3)cc2)CC1. The number of piperidine rings is 1. The highest BCUT2D eigenvalue weighted by Gasteiger charge is 2.29. The maximum absolute atomic E-state index is 13.7. The quantitative estimate of drug-likeness (QED) is 0.199. The lowest BCUT2D eigenvalue weighted by molar-refractivity contribution is -0.130. The van der Waals surface area contributed by atoms with E-state index >= 15 is 0 Å². The minimum Gasteiger partial charge on any atom is -0.344 e. The zero-order chi connectivity index (χ0) is 32.6. The summed E-state index contributed by atoms with van der Waals surface area (Å²) in [4.78, 5) is 42.4. The number of aromatic amines is 1. The number of benzene rings is 3. The van der Waals surface area contributed by atoms with E-state index in [0.717, 1.165) is 80.3 Å². The molecular weight excluding hydrogens is 592 g/mol. The fourth-order valence-electron chi connectivity index (χ4n) is 6.62. The molecule has 244 valence electrons. The Hall–Kier alpha value is -4.90. The summed E-state index contributed by atoms with van der Waals surface area (Å²) in [7, 11) is 0. The predicted molar refractivity (Wildman–Crippen MR) is 180 cm³/mol. The summed E-state index contributed by atoms with van der Waals surface area (Å²) in [6, 6.07) is 22.0. The third kappa shape index (κ3) is 7.91. The largest absolute Gasteiger partial charge is 0.344 e. The number of nitrogens with one attached hydrogen (secondary N) is 3. The van der Waals surface area contributed by atoms with Gasteiger partial charge >= 0.3 is 0 Å². The van der Waals surface area contributed by atoms with Crippen LogP contribution in [0.25, 0.3) is 22.5 Å². The first kappa shape index (κ1) is 32.1. The third-order valence-electron chi connectivity index (χ3n) is 9.45. The second-order valence-corrected chi connectivity index (χ2v) is 12.6. The smallest absolute Gasteiger partial charge is 0.254 e. The molecule has 2 fully saturated rings. The van der Waals surface area contributed by atoms with Gasteiger partial charge in [0.2, 0.25) is 17.6 Å². The predicted octanol–water partition coefficient (Wildman–Crippen LogP) is 4.59. The standard InChI is InChI=1S/C36H42N8O3/c37-23-25-10-14-28(15-11-25)34(45)39-32(35(46)38-29-18-16-27(17-19-29)33-40-42-43-41-33)22-24-8-12-26(13-9-24)30-6-2-3-7-31(30)36(47)44-20-4-1-5-21-44/h2-3,6-9,12-13,16-19,25,28,32H,1,4-5,10-11,14-15,20-23,37H2,(H,38,46)(H,39,45)(H,40,41,42,43)/t25?,28?,32-/m0/s1. The van der Waals surface area contributed by atoms with Crippen LogP contribution in [0.4, 0.5) is 5.69 Å². The summed E-state index contributed by atoms with van der Waals surface area (Å²) in [5.41, 5.74) is 10.6. The Labute approximate surface area is 274 Å². The molecule has 1 aromatic heterocycles. The lowest BCUT2D eigenvalue weighted by atomic mass is 9.81. The fraction of sp³-hybridized carbons (Fsp3) is 0.389. The molecule has 1 saturated carbocycles. The van der Waals surface area contributed by atoms with E-state index in [-0.39, 0.29) is 23.6 Å². The summed E-state index contributed by atoms with van der Waals surface area (Å²) < 4.78 is 0. The van der Waals surface area contributed by atoms with Crippen LogP contribution < -0.4 is 16.4 Å². The van der Waals surface area contributed by atoms with Gasteiger partial charge < -0.3 is 21.3 Å². The van der Waals surface area contributed by atoms with E-state index in [4.69, 9.17) is 5.73 Å². The molecule has 2 heterocycles. The molecule has 0 bridgehead atoms. The Morgan fingerprint density at radius 1 is 0.872 bits per heavy atom. The Kier molecular flexibility index (Phi) is 10.3. The van der Waals surface area contributed by atoms with Crippen molar-refractivity contribution >= 4 is 23.4 Å². The maximum Gasteiger partial charge on any atom is 0.254 e. The number of tetrazole rings is 1. The molecule has 11 heteroatoms. The van der Waals surface area contributed by atoms with E-state index in [9.17, 15) is 14.4 Å². The van der Waals surface area contributed by atoms with E-state index in [1.54, 1.807) is 24.3 Å². The average molecular weight is 635 g/mol. The van der Waals surface area contributed by atoms with Gasteiger partial charge in [-0.25, -0.2) is 0 Å². The van der Waals surface area contributed by atoms with Crippen molar-refractivity contribution in [3.05, 3.63) is 83.9 Å². The van der Waals surface area contributed by atoms with Crippen molar-refractivity contribution in [2.24, 2.45) is 17.6 Å². The van der Waals surface area contributed by atoms with Crippen LogP contribution in [0.5, 0.6) is 0 Å². The maximum atomic E-state index is 13.7. The molecule has 1 aliphatic carbocycles. The number of nitrogens with two attached hydrogens (primary N) is 1. The van der Waals surface area contributed by atoms with Gasteiger partial charge in [0.25, 0.3) is 5.91 Å². The molecule has 3 amide bonds. The van der Waals surface area contributed by atoms with Gasteiger partial charge in [0, 0.05) is 42.2 Å². The summed E-state index contributed by atoms with van der Waals surface area (Å²) in [6.45, 7) is 2.22.